The summed E-state index contributed by atoms with van der Waals surface area (Å²) >= 11 is 4.87. The van der Waals surface area contributed by atoms with Crippen molar-refractivity contribution in [3.05, 3.63) is 51.4 Å². The number of amides is 1. The highest BCUT2D eigenvalue weighted by Gasteiger charge is 2.07. The summed E-state index contributed by atoms with van der Waals surface area (Å²) in [6.45, 7) is 1.49. The molecular weight excluding hydrogens is 350 g/mol. The number of para-hydroxylation sites is 2. The molecule has 3 aromatic rings. The maximum atomic E-state index is 11.9. The number of thiophene rings is 1. The van der Waals surface area contributed by atoms with Gasteiger partial charge in [0, 0.05) is 18.5 Å². The van der Waals surface area contributed by atoms with Crippen molar-refractivity contribution >= 4 is 44.2 Å². The summed E-state index contributed by atoms with van der Waals surface area (Å²) in [7, 11) is 0. The number of nitrogens with one attached hydrogen (secondary N) is 1. The minimum absolute atomic E-state index is 0.0209. The summed E-state index contributed by atoms with van der Waals surface area (Å²) in [4.78, 5) is 16.2. The Hall–Kier alpha value is -1.66. The first kappa shape index (κ1) is 14.3. The number of aromatic nitrogens is 2. The molecule has 3 rings (SSSR count). The van der Waals surface area contributed by atoms with Crippen molar-refractivity contribution in [2.24, 2.45) is 0 Å². The topological polar surface area (TPSA) is 46.9 Å². The Balaban J connectivity index is 1.51. The van der Waals surface area contributed by atoms with E-state index in [0.717, 1.165) is 27.8 Å². The molecule has 0 spiro atoms. The standard InChI is InChI=1S/C15H14BrN3OS/c16-14-8-11(9-21-14)15(20)17-6-3-7-19-10-18-12-4-1-2-5-13(12)19/h1-2,4-5,8-10H,3,6-7H2,(H,17,20). The molecule has 0 saturated carbocycles. The van der Waals surface area contributed by atoms with Crippen molar-refractivity contribution in [3.8, 4) is 0 Å². The summed E-state index contributed by atoms with van der Waals surface area (Å²) in [6, 6.07) is 9.89. The first-order chi connectivity index (χ1) is 10.2. The number of fused-ring (bicyclic) bond motifs is 1. The van der Waals surface area contributed by atoms with Gasteiger partial charge in [-0.05, 0) is 40.5 Å². The van der Waals surface area contributed by atoms with Gasteiger partial charge in [0.15, 0.2) is 0 Å². The molecule has 0 bridgehead atoms. The number of hydrogen-bond acceptors (Lipinski definition) is 3. The van der Waals surface area contributed by atoms with Gasteiger partial charge in [0.05, 0.1) is 26.7 Å². The number of aryl methyl sites for hydroxylation is 1. The Morgan fingerprint density at radius 1 is 1.38 bits per heavy atom. The van der Waals surface area contributed by atoms with Gasteiger partial charge in [-0.1, -0.05) is 12.1 Å². The zero-order valence-corrected chi connectivity index (χ0v) is 13.7. The normalized spacial score (nSPS) is 10.9. The summed E-state index contributed by atoms with van der Waals surface area (Å²) < 4.78 is 3.08. The Labute approximate surface area is 134 Å². The van der Waals surface area contributed by atoms with Crippen LogP contribution in [0.5, 0.6) is 0 Å². The first-order valence-corrected chi connectivity index (χ1v) is 8.33. The molecule has 0 atom stereocenters. The molecule has 1 aromatic carbocycles. The largest absolute Gasteiger partial charge is 0.352 e. The van der Waals surface area contributed by atoms with Crippen LogP contribution in [0.2, 0.25) is 0 Å². The summed E-state index contributed by atoms with van der Waals surface area (Å²) in [6.07, 6.45) is 2.72. The average Bonchev–Trinajstić information content (AvgIpc) is 3.10. The minimum Gasteiger partial charge on any atom is -0.352 e. The van der Waals surface area contributed by atoms with Crippen molar-refractivity contribution in [1.29, 1.82) is 0 Å². The van der Waals surface area contributed by atoms with E-state index in [2.05, 4.69) is 36.9 Å². The zero-order chi connectivity index (χ0) is 14.7. The molecule has 1 N–H and O–H groups in total. The third kappa shape index (κ3) is 3.33. The number of rotatable bonds is 5. The lowest BCUT2D eigenvalue weighted by Gasteiger charge is -2.06. The van der Waals surface area contributed by atoms with Gasteiger partial charge in [0.1, 0.15) is 0 Å². The number of nitrogens with zero attached hydrogens (tertiary/aromatic N) is 2. The number of carbonyl (C=O) groups excluding carboxylic acids is 1. The lowest BCUT2D eigenvalue weighted by Crippen LogP contribution is -2.24. The third-order valence-corrected chi connectivity index (χ3v) is 4.72. The molecule has 0 aliphatic heterocycles. The fourth-order valence-electron chi connectivity index (χ4n) is 2.17. The molecule has 0 aliphatic rings. The number of imidazole rings is 1. The number of halogens is 1. The summed E-state index contributed by atoms with van der Waals surface area (Å²) in [5.74, 6) is -0.0209. The Bertz CT molecular complexity index is 765. The Kier molecular flexibility index (Phi) is 4.36. The molecule has 2 aromatic heterocycles. The predicted octanol–water partition coefficient (Wildman–Crippen LogP) is 3.68. The Morgan fingerprint density at radius 2 is 2.24 bits per heavy atom. The first-order valence-electron chi connectivity index (χ1n) is 6.66. The smallest absolute Gasteiger partial charge is 0.252 e. The highest BCUT2D eigenvalue weighted by atomic mass is 79.9. The van der Waals surface area contributed by atoms with Crippen LogP contribution in [0, 0.1) is 0 Å². The van der Waals surface area contributed by atoms with Gasteiger partial charge in [0.2, 0.25) is 0 Å². The van der Waals surface area contributed by atoms with Crippen LogP contribution in [-0.2, 0) is 6.54 Å². The molecular formula is C15H14BrN3OS. The quantitative estimate of drug-likeness (QED) is 0.702. The SMILES string of the molecule is O=C(NCCCn1cnc2ccccc21)c1csc(Br)c1. The van der Waals surface area contributed by atoms with Gasteiger partial charge in [-0.15, -0.1) is 11.3 Å². The lowest BCUT2D eigenvalue weighted by molar-refractivity contribution is 0.0953. The number of carbonyl (C=O) groups is 1. The van der Waals surface area contributed by atoms with Crippen LogP contribution in [0.1, 0.15) is 16.8 Å². The molecule has 0 aliphatic carbocycles. The fourth-order valence-corrected chi connectivity index (χ4v) is 3.31. The highest BCUT2D eigenvalue weighted by molar-refractivity contribution is 9.11. The van der Waals surface area contributed by atoms with E-state index in [4.69, 9.17) is 0 Å². The minimum atomic E-state index is -0.0209. The lowest BCUT2D eigenvalue weighted by atomic mass is 10.3. The van der Waals surface area contributed by atoms with E-state index in [9.17, 15) is 4.79 Å². The molecule has 1 amide bonds. The van der Waals surface area contributed by atoms with Gasteiger partial charge in [-0.25, -0.2) is 4.98 Å². The van der Waals surface area contributed by atoms with Gasteiger partial charge >= 0.3 is 0 Å². The van der Waals surface area contributed by atoms with Crippen LogP contribution in [0.15, 0.2) is 45.8 Å². The predicted molar refractivity (Wildman–Crippen MR) is 88.7 cm³/mol. The van der Waals surface area contributed by atoms with E-state index in [1.807, 2.05) is 36.0 Å². The van der Waals surface area contributed by atoms with E-state index in [1.54, 1.807) is 0 Å². The average molecular weight is 364 g/mol. The van der Waals surface area contributed by atoms with E-state index < -0.39 is 0 Å². The van der Waals surface area contributed by atoms with Crippen LogP contribution in [-0.4, -0.2) is 22.0 Å². The second-order valence-electron chi connectivity index (χ2n) is 4.68. The van der Waals surface area contributed by atoms with Crippen LogP contribution < -0.4 is 5.32 Å². The monoisotopic (exact) mass is 363 g/mol. The number of benzene rings is 1. The van der Waals surface area contributed by atoms with Crippen molar-refractivity contribution in [2.75, 3.05) is 6.54 Å². The van der Waals surface area contributed by atoms with Crippen LogP contribution in [0.25, 0.3) is 11.0 Å². The molecule has 4 nitrogen and oxygen atoms in total. The van der Waals surface area contributed by atoms with Crippen LogP contribution in [0.4, 0.5) is 0 Å². The molecule has 2 heterocycles. The fraction of sp³-hybridized carbons (Fsp3) is 0.200. The van der Waals surface area contributed by atoms with E-state index in [-0.39, 0.29) is 5.91 Å². The molecule has 108 valence electrons. The highest BCUT2D eigenvalue weighted by Crippen LogP contribution is 2.20. The van der Waals surface area contributed by atoms with Gasteiger partial charge in [-0.3, -0.25) is 4.79 Å². The van der Waals surface area contributed by atoms with E-state index >= 15 is 0 Å². The van der Waals surface area contributed by atoms with Crippen molar-refractivity contribution in [1.82, 2.24) is 14.9 Å². The van der Waals surface area contributed by atoms with E-state index in [1.165, 1.54) is 11.3 Å². The number of hydrogen-bond donors (Lipinski definition) is 1. The maximum Gasteiger partial charge on any atom is 0.252 e. The molecule has 0 radical (unpaired) electrons. The van der Waals surface area contributed by atoms with Crippen LogP contribution >= 0.6 is 27.3 Å². The van der Waals surface area contributed by atoms with E-state index in [0.29, 0.717) is 12.1 Å². The summed E-state index contributed by atoms with van der Waals surface area (Å²) in [5.41, 5.74) is 2.84. The second-order valence-corrected chi connectivity index (χ2v) is 6.97. The van der Waals surface area contributed by atoms with Crippen molar-refractivity contribution in [2.45, 2.75) is 13.0 Å². The van der Waals surface area contributed by atoms with Gasteiger partial charge in [-0.2, -0.15) is 0 Å². The molecule has 21 heavy (non-hydrogen) atoms. The summed E-state index contributed by atoms with van der Waals surface area (Å²) in [5, 5.41) is 4.79. The van der Waals surface area contributed by atoms with Gasteiger partial charge in [0.25, 0.3) is 5.91 Å². The van der Waals surface area contributed by atoms with Crippen molar-refractivity contribution < 1.29 is 4.79 Å². The zero-order valence-electron chi connectivity index (χ0n) is 11.3. The molecule has 6 heteroatoms. The molecule has 0 unspecified atom stereocenters. The van der Waals surface area contributed by atoms with Gasteiger partial charge < -0.3 is 9.88 Å². The van der Waals surface area contributed by atoms with Crippen LogP contribution in [0.3, 0.4) is 0 Å². The molecule has 0 saturated heterocycles. The Morgan fingerprint density at radius 3 is 3.05 bits per heavy atom. The third-order valence-electron chi connectivity index (χ3n) is 3.22. The van der Waals surface area contributed by atoms with Crippen molar-refractivity contribution in [3.63, 3.8) is 0 Å². The second kappa shape index (κ2) is 6.41. The molecule has 0 fully saturated rings. The maximum absolute atomic E-state index is 11.9.